The Balaban J connectivity index is 2.14. The Morgan fingerprint density at radius 3 is 2.50 bits per heavy atom. The molecule has 1 N–H and O–H groups in total. The smallest absolute Gasteiger partial charge is 0.126 e. The fraction of sp³-hybridized carbons (Fsp3) is 0.647. The molecule has 2 rings (SSSR count). The summed E-state index contributed by atoms with van der Waals surface area (Å²) in [5.41, 5.74) is 0.889. The molecule has 1 aromatic carbocycles. The zero-order valence-electron chi connectivity index (χ0n) is 13.1. The van der Waals surface area contributed by atoms with Crippen LogP contribution in [-0.4, -0.2) is 37.1 Å². The number of nitrogens with zero attached hydrogens (tertiary/aromatic N) is 1. The van der Waals surface area contributed by atoms with Gasteiger partial charge >= 0.3 is 0 Å². The topological polar surface area (TPSA) is 15.3 Å². The minimum absolute atomic E-state index is 0.0518. The average molecular weight is 278 g/mol. The first-order valence-electron chi connectivity index (χ1n) is 7.66. The van der Waals surface area contributed by atoms with E-state index in [1.54, 1.807) is 12.1 Å². The van der Waals surface area contributed by atoms with Crippen molar-refractivity contribution in [2.45, 2.75) is 57.2 Å². The van der Waals surface area contributed by atoms with E-state index in [2.05, 4.69) is 38.2 Å². The highest BCUT2D eigenvalue weighted by atomic mass is 19.1. The maximum Gasteiger partial charge on any atom is 0.126 e. The van der Waals surface area contributed by atoms with E-state index in [-0.39, 0.29) is 5.82 Å². The van der Waals surface area contributed by atoms with E-state index in [0.717, 1.165) is 24.8 Å². The molecule has 1 aliphatic carbocycles. The molecule has 0 aliphatic heterocycles. The second kappa shape index (κ2) is 6.68. The third-order valence-electron chi connectivity index (χ3n) is 4.37. The minimum atomic E-state index is -0.0518. The number of nitrogens with one attached hydrogen (secondary N) is 1. The summed E-state index contributed by atoms with van der Waals surface area (Å²) in [6, 6.07) is 8.68. The average Bonchev–Trinajstić information content (AvgIpc) is 2.38. The number of hydrogen-bond donors (Lipinski definition) is 1. The fourth-order valence-corrected chi connectivity index (χ4v) is 3.47. The number of rotatable bonds is 4. The van der Waals surface area contributed by atoms with Crippen molar-refractivity contribution >= 4 is 0 Å². The molecule has 1 saturated carbocycles. The van der Waals surface area contributed by atoms with E-state index < -0.39 is 0 Å². The van der Waals surface area contributed by atoms with Gasteiger partial charge in [0, 0.05) is 18.1 Å². The van der Waals surface area contributed by atoms with Crippen LogP contribution >= 0.6 is 0 Å². The maximum absolute atomic E-state index is 14.0. The highest BCUT2D eigenvalue weighted by Gasteiger charge is 2.33. The molecule has 1 fully saturated rings. The summed E-state index contributed by atoms with van der Waals surface area (Å²) in [6.07, 6.45) is 3.21. The summed E-state index contributed by atoms with van der Waals surface area (Å²) in [5, 5.41) is 3.67. The van der Waals surface area contributed by atoms with E-state index in [9.17, 15) is 4.39 Å². The van der Waals surface area contributed by atoms with Crippen LogP contribution < -0.4 is 5.32 Å². The summed E-state index contributed by atoms with van der Waals surface area (Å²) in [7, 11) is 4.28. The van der Waals surface area contributed by atoms with Crippen LogP contribution in [0, 0.1) is 5.82 Å². The van der Waals surface area contributed by atoms with Crippen molar-refractivity contribution in [3.05, 3.63) is 35.6 Å². The zero-order valence-corrected chi connectivity index (χ0v) is 13.1. The first-order chi connectivity index (χ1) is 9.49. The molecule has 20 heavy (non-hydrogen) atoms. The SMILES string of the molecule is CC(C)N[C@H]1C[C@@H](c2ccccc2F)CC[C@@H]1N(C)C. The van der Waals surface area contributed by atoms with Crippen molar-refractivity contribution in [1.29, 1.82) is 0 Å². The fourth-order valence-electron chi connectivity index (χ4n) is 3.47. The molecule has 0 bridgehead atoms. The third kappa shape index (κ3) is 3.58. The van der Waals surface area contributed by atoms with E-state index in [0.29, 0.717) is 24.0 Å². The number of hydrogen-bond acceptors (Lipinski definition) is 2. The van der Waals surface area contributed by atoms with Crippen molar-refractivity contribution in [2.75, 3.05) is 14.1 Å². The Kier molecular flexibility index (Phi) is 5.17. The van der Waals surface area contributed by atoms with Crippen molar-refractivity contribution in [1.82, 2.24) is 10.2 Å². The Bertz CT molecular complexity index is 431. The quantitative estimate of drug-likeness (QED) is 0.908. The zero-order chi connectivity index (χ0) is 14.7. The molecule has 1 aromatic rings. The predicted octanol–water partition coefficient (Wildman–Crippen LogP) is 3.39. The van der Waals surface area contributed by atoms with Crippen LogP contribution in [0.2, 0.25) is 0 Å². The van der Waals surface area contributed by atoms with Crippen LogP contribution in [0.15, 0.2) is 24.3 Å². The Hall–Kier alpha value is -0.930. The molecule has 1 aliphatic rings. The van der Waals surface area contributed by atoms with Gasteiger partial charge in [-0.25, -0.2) is 4.39 Å². The normalized spacial score (nSPS) is 27.2. The van der Waals surface area contributed by atoms with Gasteiger partial charge in [0.15, 0.2) is 0 Å². The van der Waals surface area contributed by atoms with E-state index in [4.69, 9.17) is 0 Å². The van der Waals surface area contributed by atoms with Crippen LogP contribution in [-0.2, 0) is 0 Å². The highest BCUT2D eigenvalue weighted by Crippen LogP contribution is 2.35. The van der Waals surface area contributed by atoms with Gasteiger partial charge in [0.25, 0.3) is 0 Å². The van der Waals surface area contributed by atoms with Gasteiger partial charge in [0.1, 0.15) is 5.82 Å². The lowest BCUT2D eigenvalue weighted by Crippen LogP contribution is -2.52. The van der Waals surface area contributed by atoms with Crippen LogP contribution in [0.3, 0.4) is 0 Å². The number of benzene rings is 1. The molecular formula is C17H27FN2. The first-order valence-corrected chi connectivity index (χ1v) is 7.66. The predicted molar refractivity (Wildman–Crippen MR) is 82.5 cm³/mol. The molecule has 0 unspecified atom stereocenters. The molecule has 0 saturated heterocycles. The lowest BCUT2D eigenvalue weighted by atomic mass is 9.78. The molecule has 0 spiro atoms. The Labute approximate surface area is 122 Å². The summed E-state index contributed by atoms with van der Waals surface area (Å²) in [6.45, 7) is 4.36. The van der Waals surface area contributed by atoms with Gasteiger partial charge < -0.3 is 10.2 Å². The maximum atomic E-state index is 14.0. The Morgan fingerprint density at radius 2 is 1.90 bits per heavy atom. The summed E-state index contributed by atoms with van der Waals surface area (Å²) >= 11 is 0. The molecular weight excluding hydrogens is 251 g/mol. The Morgan fingerprint density at radius 1 is 1.20 bits per heavy atom. The third-order valence-corrected chi connectivity index (χ3v) is 4.37. The molecule has 2 nitrogen and oxygen atoms in total. The minimum Gasteiger partial charge on any atom is -0.310 e. The number of halogens is 1. The van der Waals surface area contributed by atoms with Gasteiger partial charge in [0.05, 0.1) is 0 Å². The van der Waals surface area contributed by atoms with Gasteiger partial charge in [-0.2, -0.15) is 0 Å². The monoisotopic (exact) mass is 278 g/mol. The van der Waals surface area contributed by atoms with Crippen LogP contribution in [0.4, 0.5) is 4.39 Å². The summed E-state index contributed by atoms with van der Waals surface area (Å²) in [4.78, 5) is 2.30. The molecule has 0 amide bonds. The summed E-state index contributed by atoms with van der Waals surface area (Å²) < 4.78 is 14.0. The van der Waals surface area contributed by atoms with Crippen molar-refractivity contribution < 1.29 is 4.39 Å². The molecule has 112 valence electrons. The molecule has 0 radical (unpaired) electrons. The van der Waals surface area contributed by atoms with Gasteiger partial charge in [-0.1, -0.05) is 32.0 Å². The lowest BCUT2D eigenvalue weighted by Gasteiger charge is -2.41. The van der Waals surface area contributed by atoms with Crippen molar-refractivity contribution in [3.63, 3.8) is 0 Å². The number of likely N-dealkylation sites (N-methyl/N-ethyl adjacent to an activating group) is 1. The van der Waals surface area contributed by atoms with Crippen LogP contribution in [0.1, 0.15) is 44.6 Å². The highest BCUT2D eigenvalue weighted by molar-refractivity contribution is 5.23. The van der Waals surface area contributed by atoms with E-state index in [1.165, 1.54) is 0 Å². The second-order valence-corrected chi connectivity index (χ2v) is 6.49. The van der Waals surface area contributed by atoms with Gasteiger partial charge in [0.2, 0.25) is 0 Å². The van der Waals surface area contributed by atoms with Gasteiger partial charge in [-0.05, 0) is 50.9 Å². The van der Waals surface area contributed by atoms with Crippen LogP contribution in [0.25, 0.3) is 0 Å². The van der Waals surface area contributed by atoms with Crippen LogP contribution in [0.5, 0.6) is 0 Å². The second-order valence-electron chi connectivity index (χ2n) is 6.49. The summed E-state index contributed by atoms with van der Waals surface area (Å²) in [5.74, 6) is 0.285. The first kappa shape index (κ1) is 15.5. The molecule has 3 heteroatoms. The van der Waals surface area contributed by atoms with Crippen molar-refractivity contribution in [3.8, 4) is 0 Å². The molecule has 0 heterocycles. The standard InChI is InChI=1S/C17H27FN2/c1-12(2)19-16-11-13(9-10-17(16)20(3)4)14-7-5-6-8-15(14)18/h5-8,12-13,16-17,19H,9-11H2,1-4H3/t13-,16-,17-/m0/s1. The van der Waals surface area contributed by atoms with Gasteiger partial charge in [-0.3, -0.25) is 0 Å². The van der Waals surface area contributed by atoms with Gasteiger partial charge in [-0.15, -0.1) is 0 Å². The van der Waals surface area contributed by atoms with E-state index in [1.807, 2.05) is 12.1 Å². The van der Waals surface area contributed by atoms with E-state index >= 15 is 0 Å². The van der Waals surface area contributed by atoms with Crippen molar-refractivity contribution in [2.24, 2.45) is 0 Å². The lowest BCUT2D eigenvalue weighted by molar-refractivity contribution is 0.158. The molecule has 3 atom stereocenters. The largest absolute Gasteiger partial charge is 0.310 e. The molecule has 0 aromatic heterocycles.